The second kappa shape index (κ2) is 8.50. The van der Waals surface area contributed by atoms with Crippen molar-refractivity contribution in [1.82, 2.24) is 0 Å². The first kappa shape index (κ1) is 20.6. The maximum Gasteiger partial charge on any atom is 0.345 e. The van der Waals surface area contributed by atoms with Crippen LogP contribution in [-0.4, -0.2) is 25.2 Å². The van der Waals surface area contributed by atoms with Gasteiger partial charge in [0, 0.05) is 11.8 Å². The molecule has 2 unspecified atom stereocenters. The Balaban J connectivity index is 2.02. The van der Waals surface area contributed by atoms with Gasteiger partial charge in [0.2, 0.25) is 0 Å². The minimum absolute atomic E-state index is 0.00624. The Bertz CT molecular complexity index is 714. The second-order valence-corrected chi connectivity index (χ2v) is 8.00. The summed E-state index contributed by atoms with van der Waals surface area (Å²) in [5, 5.41) is 0. The zero-order valence-electron chi connectivity index (χ0n) is 17.3. The molecule has 0 heterocycles. The second-order valence-electron chi connectivity index (χ2n) is 8.00. The third kappa shape index (κ3) is 3.74. The van der Waals surface area contributed by atoms with Gasteiger partial charge in [0.05, 0.1) is 13.2 Å². The normalized spacial score (nSPS) is 23.9. The zero-order valence-corrected chi connectivity index (χ0v) is 17.3. The molecule has 2 fully saturated rings. The first-order valence-corrected chi connectivity index (χ1v) is 10.3. The fourth-order valence-corrected chi connectivity index (χ4v) is 5.01. The molecular formula is C24H30O4. The molecule has 0 saturated heterocycles. The molecule has 2 radical (unpaired) electrons. The highest BCUT2D eigenvalue weighted by molar-refractivity contribution is 6.14. The molecule has 4 nitrogen and oxygen atoms in total. The molecule has 0 spiro atoms. The lowest BCUT2D eigenvalue weighted by molar-refractivity contribution is -0.146. The largest absolute Gasteiger partial charge is 0.462 e. The lowest BCUT2D eigenvalue weighted by atomic mass is 9.69. The summed E-state index contributed by atoms with van der Waals surface area (Å²) in [6.45, 7) is 8.33. The van der Waals surface area contributed by atoms with Gasteiger partial charge in [0.1, 0.15) is 5.57 Å². The molecule has 0 N–H and O–H groups in total. The average molecular weight is 383 g/mol. The van der Waals surface area contributed by atoms with E-state index in [1.807, 2.05) is 6.07 Å². The predicted molar refractivity (Wildman–Crippen MR) is 108 cm³/mol. The van der Waals surface area contributed by atoms with Crippen molar-refractivity contribution in [1.29, 1.82) is 0 Å². The molecule has 150 valence electrons. The van der Waals surface area contributed by atoms with Gasteiger partial charge in [-0.05, 0) is 49.5 Å². The lowest BCUT2D eigenvalue weighted by Gasteiger charge is -2.34. The smallest absolute Gasteiger partial charge is 0.345 e. The molecule has 4 heteroatoms. The van der Waals surface area contributed by atoms with E-state index in [2.05, 4.69) is 38.1 Å². The summed E-state index contributed by atoms with van der Waals surface area (Å²) < 4.78 is 10.3. The maximum atomic E-state index is 12.5. The first-order chi connectivity index (χ1) is 13.4. The van der Waals surface area contributed by atoms with Crippen molar-refractivity contribution in [2.45, 2.75) is 47.0 Å². The molecule has 1 aromatic carbocycles. The predicted octanol–water partition coefficient (Wildman–Crippen LogP) is 4.69. The van der Waals surface area contributed by atoms with Gasteiger partial charge < -0.3 is 9.47 Å². The number of hydrogen-bond donors (Lipinski definition) is 0. The highest BCUT2D eigenvalue weighted by Crippen LogP contribution is 2.64. The minimum Gasteiger partial charge on any atom is -0.462 e. The Kier molecular flexibility index (Phi) is 6.26. The van der Waals surface area contributed by atoms with Gasteiger partial charge in [-0.25, -0.2) is 9.59 Å². The van der Waals surface area contributed by atoms with Crippen LogP contribution in [0.3, 0.4) is 0 Å². The third-order valence-corrected chi connectivity index (χ3v) is 6.06. The quantitative estimate of drug-likeness (QED) is 0.310. The Hall–Kier alpha value is -2.10. The van der Waals surface area contributed by atoms with Crippen LogP contribution in [0.25, 0.3) is 0 Å². The van der Waals surface area contributed by atoms with Gasteiger partial charge in [-0.1, -0.05) is 56.7 Å². The lowest BCUT2D eigenvalue weighted by Crippen LogP contribution is -2.27. The molecule has 3 rings (SSSR count). The van der Waals surface area contributed by atoms with Crippen molar-refractivity contribution < 1.29 is 19.1 Å². The van der Waals surface area contributed by atoms with Gasteiger partial charge in [0.25, 0.3) is 0 Å². The summed E-state index contributed by atoms with van der Waals surface area (Å²) in [5.74, 6) is 2.15. The van der Waals surface area contributed by atoms with E-state index in [-0.39, 0.29) is 24.2 Å². The number of allylic oxidation sites excluding steroid dienone is 1. The summed E-state index contributed by atoms with van der Waals surface area (Å²) in [5.41, 5.74) is 1.02. The van der Waals surface area contributed by atoms with Crippen molar-refractivity contribution in [3.8, 4) is 0 Å². The number of hydrogen-bond acceptors (Lipinski definition) is 4. The number of rotatable bonds is 6. The Morgan fingerprint density at radius 2 is 1.57 bits per heavy atom. The van der Waals surface area contributed by atoms with E-state index in [0.717, 1.165) is 25.2 Å². The SMILES string of the molecule is CCOC(=O)C(=C[C]1C2CCCC2[C](c2ccccc2)C1(C)C)C(=O)OCC. The Labute approximate surface area is 168 Å². The summed E-state index contributed by atoms with van der Waals surface area (Å²) in [7, 11) is 0. The highest BCUT2D eigenvalue weighted by atomic mass is 16.6. The van der Waals surface area contributed by atoms with Crippen LogP contribution in [0.5, 0.6) is 0 Å². The van der Waals surface area contributed by atoms with Crippen LogP contribution in [0.1, 0.15) is 52.5 Å². The fourth-order valence-electron chi connectivity index (χ4n) is 5.01. The molecule has 28 heavy (non-hydrogen) atoms. The molecule has 2 atom stereocenters. The van der Waals surface area contributed by atoms with E-state index < -0.39 is 11.9 Å². The topological polar surface area (TPSA) is 52.6 Å². The summed E-state index contributed by atoms with van der Waals surface area (Å²) >= 11 is 0. The van der Waals surface area contributed by atoms with E-state index in [1.54, 1.807) is 19.9 Å². The number of carbonyl (C=O) groups is 2. The van der Waals surface area contributed by atoms with Crippen molar-refractivity contribution in [2.75, 3.05) is 13.2 Å². The van der Waals surface area contributed by atoms with E-state index in [4.69, 9.17) is 9.47 Å². The minimum atomic E-state index is -0.605. The summed E-state index contributed by atoms with van der Waals surface area (Å²) in [6, 6.07) is 10.5. The van der Waals surface area contributed by atoms with Gasteiger partial charge >= 0.3 is 11.9 Å². The van der Waals surface area contributed by atoms with Crippen molar-refractivity contribution >= 4 is 11.9 Å². The van der Waals surface area contributed by atoms with Crippen LogP contribution in [0.2, 0.25) is 0 Å². The van der Waals surface area contributed by atoms with Gasteiger partial charge in [-0.2, -0.15) is 0 Å². The molecule has 0 bridgehead atoms. The van der Waals surface area contributed by atoms with Crippen LogP contribution in [0.4, 0.5) is 0 Å². The van der Waals surface area contributed by atoms with Gasteiger partial charge in [-0.15, -0.1) is 0 Å². The Morgan fingerprint density at radius 1 is 1.00 bits per heavy atom. The van der Waals surface area contributed by atoms with Crippen molar-refractivity contribution in [2.24, 2.45) is 17.3 Å². The Morgan fingerprint density at radius 3 is 2.14 bits per heavy atom. The van der Waals surface area contributed by atoms with Crippen LogP contribution >= 0.6 is 0 Å². The van der Waals surface area contributed by atoms with E-state index >= 15 is 0 Å². The number of ether oxygens (including phenoxy) is 2. The van der Waals surface area contributed by atoms with Gasteiger partial charge in [0.15, 0.2) is 0 Å². The van der Waals surface area contributed by atoms with E-state index in [0.29, 0.717) is 11.8 Å². The van der Waals surface area contributed by atoms with Crippen LogP contribution < -0.4 is 0 Å². The molecule has 0 aliphatic heterocycles. The van der Waals surface area contributed by atoms with Crippen LogP contribution in [0.15, 0.2) is 42.0 Å². The monoisotopic (exact) mass is 382 g/mol. The zero-order chi connectivity index (χ0) is 20.3. The van der Waals surface area contributed by atoms with Gasteiger partial charge in [-0.3, -0.25) is 0 Å². The standard InChI is InChI=1S/C24H30O4/c1-5-27-22(25)19(23(26)28-6-2)15-20-17-13-10-14-18(17)21(24(20,3)4)16-11-8-7-9-12-16/h7-9,11-12,15,17-18H,5-6,10,13-14H2,1-4H3. The molecule has 0 amide bonds. The number of esters is 2. The maximum absolute atomic E-state index is 12.5. The van der Waals surface area contributed by atoms with Crippen molar-refractivity contribution in [3.63, 3.8) is 0 Å². The molecular weight excluding hydrogens is 352 g/mol. The average Bonchev–Trinajstić information content (AvgIpc) is 3.18. The first-order valence-electron chi connectivity index (χ1n) is 10.3. The fraction of sp³-hybridized carbons (Fsp3) is 0.500. The third-order valence-electron chi connectivity index (χ3n) is 6.06. The molecule has 2 saturated carbocycles. The van der Waals surface area contributed by atoms with Crippen molar-refractivity contribution in [3.05, 3.63) is 59.4 Å². The molecule has 1 aromatic rings. The summed E-state index contributed by atoms with van der Waals surface area (Å²) in [6.07, 6.45) is 5.15. The van der Waals surface area contributed by atoms with E-state index in [1.165, 1.54) is 11.5 Å². The van der Waals surface area contributed by atoms with Crippen LogP contribution in [-0.2, 0) is 19.1 Å². The highest BCUT2D eigenvalue weighted by Gasteiger charge is 2.57. The number of benzene rings is 1. The van der Waals surface area contributed by atoms with Crippen LogP contribution in [0, 0.1) is 29.1 Å². The van der Waals surface area contributed by atoms with E-state index in [9.17, 15) is 9.59 Å². The summed E-state index contributed by atoms with van der Waals surface area (Å²) in [4.78, 5) is 25.0. The molecule has 2 aliphatic rings. The molecule has 2 aliphatic carbocycles. The number of carbonyl (C=O) groups excluding carboxylic acids is 2. The number of fused-ring (bicyclic) bond motifs is 1. The molecule has 0 aromatic heterocycles.